The second-order valence-electron chi connectivity index (χ2n) is 7.61. The van der Waals surface area contributed by atoms with Crippen molar-refractivity contribution in [3.05, 3.63) is 83.4 Å². The standard InChI is InChI=1S/C25H27N3O6S/c1-18-13-21(10-12-23(18)33-2)35(31,32)28(16-19-7-5-4-6-8-19)17-25(30)27-26-15-20-9-11-22(29)24(14-20)34-3/h4-15,29H,16-17H2,1-3H3,(H,27,30). The van der Waals surface area contributed by atoms with E-state index in [1.54, 1.807) is 49.4 Å². The van der Waals surface area contributed by atoms with E-state index in [1.807, 2.05) is 6.07 Å². The number of methoxy groups -OCH3 is 2. The molecule has 3 aromatic carbocycles. The van der Waals surface area contributed by atoms with Crippen LogP contribution in [0.25, 0.3) is 0 Å². The van der Waals surface area contributed by atoms with Gasteiger partial charge >= 0.3 is 0 Å². The van der Waals surface area contributed by atoms with Gasteiger partial charge in [-0.2, -0.15) is 9.41 Å². The molecule has 0 saturated heterocycles. The monoisotopic (exact) mass is 497 g/mol. The molecule has 2 N–H and O–H groups in total. The third-order valence-electron chi connectivity index (χ3n) is 5.13. The Morgan fingerprint density at radius 1 is 1.03 bits per heavy atom. The molecule has 3 rings (SSSR count). The third-order valence-corrected chi connectivity index (χ3v) is 6.92. The maximum Gasteiger partial charge on any atom is 0.255 e. The van der Waals surface area contributed by atoms with Crippen molar-refractivity contribution in [1.29, 1.82) is 0 Å². The topological polar surface area (TPSA) is 118 Å². The molecule has 184 valence electrons. The van der Waals surface area contributed by atoms with Gasteiger partial charge in [0.05, 0.1) is 31.9 Å². The summed E-state index contributed by atoms with van der Waals surface area (Å²) in [6.45, 7) is 1.30. The highest BCUT2D eigenvalue weighted by molar-refractivity contribution is 7.89. The number of hydrogen-bond donors (Lipinski definition) is 2. The number of carbonyl (C=O) groups is 1. The van der Waals surface area contributed by atoms with Crippen LogP contribution in [0.15, 0.2) is 76.7 Å². The van der Waals surface area contributed by atoms with Crippen LogP contribution in [0.2, 0.25) is 0 Å². The van der Waals surface area contributed by atoms with Crippen LogP contribution in [-0.2, 0) is 21.4 Å². The first-order valence-corrected chi connectivity index (χ1v) is 12.1. The SMILES string of the molecule is COc1ccc(S(=O)(=O)N(CC(=O)NN=Cc2ccc(O)c(OC)c2)Cc2ccccc2)cc1C. The third kappa shape index (κ3) is 6.58. The van der Waals surface area contributed by atoms with Crippen molar-refractivity contribution in [1.82, 2.24) is 9.73 Å². The number of benzene rings is 3. The summed E-state index contributed by atoms with van der Waals surface area (Å²) in [5.41, 5.74) is 4.31. The summed E-state index contributed by atoms with van der Waals surface area (Å²) in [6, 6.07) is 18.1. The number of ether oxygens (including phenoxy) is 2. The zero-order chi connectivity index (χ0) is 25.4. The van der Waals surface area contributed by atoms with E-state index in [2.05, 4.69) is 10.5 Å². The Morgan fingerprint density at radius 2 is 1.74 bits per heavy atom. The van der Waals surface area contributed by atoms with Crippen LogP contribution in [0, 0.1) is 6.92 Å². The highest BCUT2D eigenvalue weighted by atomic mass is 32.2. The van der Waals surface area contributed by atoms with Crippen LogP contribution in [0.4, 0.5) is 0 Å². The Hall–Kier alpha value is -3.89. The number of amides is 1. The molecule has 9 nitrogen and oxygen atoms in total. The second kappa shape index (κ2) is 11.5. The molecule has 0 bridgehead atoms. The smallest absolute Gasteiger partial charge is 0.255 e. The maximum atomic E-state index is 13.5. The molecule has 0 spiro atoms. The van der Waals surface area contributed by atoms with Crippen molar-refractivity contribution in [2.75, 3.05) is 20.8 Å². The highest BCUT2D eigenvalue weighted by Gasteiger charge is 2.27. The fraction of sp³-hybridized carbons (Fsp3) is 0.200. The average Bonchev–Trinajstić information content (AvgIpc) is 2.85. The minimum Gasteiger partial charge on any atom is -0.504 e. The first kappa shape index (κ1) is 25.7. The van der Waals surface area contributed by atoms with Gasteiger partial charge in [0.25, 0.3) is 5.91 Å². The van der Waals surface area contributed by atoms with Crippen LogP contribution in [0.5, 0.6) is 17.2 Å². The van der Waals surface area contributed by atoms with Crippen molar-refractivity contribution in [3.8, 4) is 17.2 Å². The number of hydrazone groups is 1. The number of nitrogens with zero attached hydrogens (tertiary/aromatic N) is 2. The zero-order valence-corrected chi connectivity index (χ0v) is 20.5. The second-order valence-corrected chi connectivity index (χ2v) is 9.55. The van der Waals surface area contributed by atoms with E-state index in [0.717, 1.165) is 9.87 Å². The Bertz CT molecular complexity index is 1310. The predicted octanol–water partition coefficient (Wildman–Crippen LogP) is 3.06. The summed E-state index contributed by atoms with van der Waals surface area (Å²) < 4.78 is 38.3. The first-order chi connectivity index (χ1) is 16.7. The van der Waals surface area contributed by atoms with Crippen molar-refractivity contribution >= 4 is 22.1 Å². The first-order valence-electron chi connectivity index (χ1n) is 10.6. The van der Waals surface area contributed by atoms with Gasteiger partial charge < -0.3 is 14.6 Å². The fourth-order valence-electron chi connectivity index (χ4n) is 3.32. The Labute approximate surface area is 204 Å². The number of carbonyl (C=O) groups excluding carboxylic acids is 1. The van der Waals surface area contributed by atoms with E-state index in [9.17, 15) is 18.3 Å². The van der Waals surface area contributed by atoms with Gasteiger partial charge in [-0.25, -0.2) is 13.8 Å². The maximum absolute atomic E-state index is 13.5. The Kier molecular flexibility index (Phi) is 8.45. The lowest BCUT2D eigenvalue weighted by molar-refractivity contribution is -0.121. The Morgan fingerprint density at radius 3 is 2.40 bits per heavy atom. The summed E-state index contributed by atoms with van der Waals surface area (Å²) in [5.74, 6) is 0.188. The molecule has 0 aliphatic rings. The molecule has 0 unspecified atom stereocenters. The molecule has 0 aliphatic heterocycles. The van der Waals surface area contributed by atoms with Crippen LogP contribution >= 0.6 is 0 Å². The van der Waals surface area contributed by atoms with E-state index in [1.165, 1.54) is 38.6 Å². The molecular formula is C25H27N3O6S. The normalized spacial score (nSPS) is 11.5. The lowest BCUT2D eigenvalue weighted by Gasteiger charge is -2.22. The van der Waals surface area contributed by atoms with Gasteiger partial charge in [-0.3, -0.25) is 4.79 Å². The predicted molar refractivity (Wildman–Crippen MR) is 132 cm³/mol. The fourth-order valence-corrected chi connectivity index (χ4v) is 4.79. The summed E-state index contributed by atoms with van der Waals surface area (Å²) in [4.78, 5) is 12.7. The number of nitrogens with one attached hydrogen (secondary N) is 1. The number of phenolic OH excluding ortho intramolecular Hbond substituents is 1. The molecule has 0 saturated carbocycles. The van der Waals surface area contributed by atoms with E-state index in [0.29, 0.717) is 16.9 Å². The number of rotatable bonds is 10. The van der Waals surface area contributed by atoms with E-state index in [-0.39, 0.29) is 22.9 Å². The number of aryl methyl sites for hydroxylation is 1. The van der Waals surface area contributed by atoms with Crippen LogP contribution in [0.3, 0.4) is 0 Å². The van der Waals surface area contributed by atoms with Gasteiger partial charge in [0.2, 0.25) is 10.0 Å². The number of phenols is 1. The quantitative estimate of drug-likeness (QED) is 0.328. The lowest BCUT2D eigenvalue weighted by atomic mass is 10.2. The van der Waals surface area contributed by atoms with Gasteiger partial charge in [-0.1, -0.05) is 30.3 Å². The summed E-state index contributed by atoms with van der Waals surface area (Å²) in [7, 11) is -1.08. The lowest BCUT2D eigenvalue weighted by Crippen LogP contribution is -2.39. The molecule has 1 amide bonds. The van der Waals surface area contributed by atoms with Gasteiger partial charge in [0, 0.05) is 6.54 Å². The van der Waals surface area contributed by atoms with Crippen LogP contribution in [0.1, 0.15) is 16.7 Å². The summed E-state index contributed by atoms with van der Waals surface area (Å²) in [6.07, 6.45) is 1.36. The molecule has 0 radical (unpaired) electrons. The molecule has 10 heteroatoms. The molecule has 0 aliphatic carbocycles. The van der Waals surface area contributed by atoms with Gasteiger partial charge in [0.1, 0.15) is 5.75 Å². The Balaban J connectivity index is 1.80. The van der Waals surface area contributed by atoms with Crippen molar-refractivity contribution < 1.29 is 27.8 Å². The van der Waals surface area contributed by atoms with Gasteiger partial charge in [-0.05, 0) is 60.0 Å². The molecule has 0 heterocycles. The molecule has 35 heavy (non-hydrogen) atoms. The van der Waals surface area contributed by atoms with Crippen LogP contribution < -0.4 is 14.9 Å². The number of hydrogen-bond acceptors (Lipinski definition) is 7. The number of aromatic hydroxyl groups is 1. The average molecular weight is 498 g/mol. The molecule has 0 aromatic heterocycles. The molecule has 0 atom stereocenters. The van der Waals surface area contributed by atoms with E-state index < -0.39 is 22.5 Å². The minimum absolute atomic E-state index is 0.000541. The van der Waals surface area contributed by atoms with E-state index >= 15 is 0 Å². The summed E-state index contributed by atoms with van der Waals surface area (Å²) >= 11 is 0. The van der Waals surface area contributed by atoms with Crippen LogP contribution in [-0.4, -0.2) is 50.7 Å². The van der Waals surface area contributed by atoms with E-state index in [4.69, 9.17) is 9.47 Å². The molecular weight excluding hydrogens is 470 g/mol. The molecule has 0 fully saturated rings. The minimum atomic E-state index is -4.01. The van der Waals surface area contributed by atoms with Gasteiger partial charge in [-0.15, -0.1) is 0 Å². The number of sulfonamides is 1. The van der Waals surface area contributed by atoms with Crippen molar-refractivity contribution in [2.24, 2.45) is 5.10 Å². The van der Waals surface area contributed by atoms with Crippen molar-refractivity contribution in [3.63, 3.8) is 0 Å². The van der Waals surface area contributed by atoms with Crippen molar-refractivity contribution in [2.45, 2.75) is 18.4 Å². The zero-order valence-electron chi connectivity index (χ0n) is 19.6. The largest absolute Gasteiger partial charge is 0.504 e. The highest BCUT2D eigenvalue weighted by Crippen LogP contribution is 2.26. The summed E-state index contributed by atoms with van der Waals surface area (Å²) in [5, 5.41) is 13.6. The molecule has 3 aromatic rings. The van der Waals surface area contributed by atoms with Gasteiger partial charge in [0.15, 0.2) is 11.5 Å².